The number of hydrogen-bond acceptors (Lipinski definition) is 4. The van der Waals surface area contributed by atoms with Crippen LogP contribution < -0.4 is 15.4 Å². The molecular formula is C15H23N3O3S. The second-order valence-electron chi connectivity index (χ2n) is 5.69. The second-order valence-corrected chi connectivity index (χ2v) is 7.52. The minimum absolute atomic E-state index is 0.00617. The number of carbonyl (C=O) groups is 1. The summed E-state index contributed by atoms with van der Waals surface area (Å²) in [7, 11) is -1.42. The van der Waals surface area contributed by atoms with Crippen LogP contribution in [-0.2, 0) is 10.0 Å². The molecule has 22 heavy (non-hydrogen) atoms. The molecule has 1 aliphatic carbocycles. The number of amides is 1. The number of hydrogen-bond donors (Lipinski definition) is 3. The fraction of sp³-hybridized carbons (Fsp3) is 0.533. The van der Waals surface area contributed by atoms with E-state index in [2.05, 4.69) is 15.4 Å². The molecule has 1 aromatic carbocycles. The average molecular weight is 325 g/mol. The Balaban J connectivity index is 2.01. The first-order chi connectivity index (χ1) is 10.4. The standard InChI is InChI=1S/C15H23N3O3S/c1-16-14-8-4-3-7-12(14)15(19)18-13-9-5-6-11(13)10-17-22(2,20)21/h3-4,7-8,11,13,16-17H,5-6,9-10H2,1-2H3,(H,18,19). The molecule has 3 N–H and O–H groups in total. The molecule has 0 spiro atoms. The van der Waals surface area contributed by atoms with Crippen molar-refractivity contribution in [1.82, 2.24) is 10.0 Å². The van der Waals surface area contributed by atoms with E-state index in [1.165, 1.54) is 0 Å². The van der Waals surface area contributed by atoms with Gasteiger partial charge < -0.3 is 10.6 Å². The lowest BCUT2D eigenvalue weighted by atomic mass is 10.0. The topological polar surface area (TPSA) is 87.3 Å². The molecule has 0 aliphatic heterocycles. The van der Waals surface area contributed by atoms with Crippen molar-refractivity contribution in [3.8, 4) is 0 Å². The normalized spacial score (nSPS) is 21.5. The van der Waals surface area contributed by atoms with Crippen molar-refractivity contribution in [2.45, 2.75) is 25.3 Å². The predicted octanol–water partition coefficient (Wildman–Crippen LogP) is 1.18. The third-order valence-corrected chi connectivity index (χ3v) is 4.72. The van der Waals surface area contributed by atoms with Gasteiger partial charge in [0.05, 0.1) is 11.8 Å². The molecule has 0 heterocycles. The van der Waals surface area contributed by atoms with Crippen LogP contribution in [0.25, 0.3) is 0 Å². The summed E-state index contributed by atoms with van der Waals surface area (Å²) in [5.41, 5.74) is 1.38. The van der Waals surface area contributed by atoms with E-state index in [9.17, 15) is 13.2 Å². The molecule has 1 aliphatic rings. The molecule has 1 saturated carbocycles. The van der Waals surface area contributed by atoms with Gasteiger partial charge in [0.2, 0.25) is 10.0 Å². The van der Waals surface area contributed by atoms with E-state index in [4.69, 9.17) is 0 Å². The van der Waals surface area contributed by atoms with Crippen LogP contribution in [0.1, 0.15) is 29.6 Å². The lowest BCUT2D eigenvalue weighted by molar-refractivity contribution is 0.0929. The van der Waals surface area contributed by atoms with Crippen molar-refractivity contribution in [1.29, 1.82) is 0 Å². The molecular weight excluding hydrogens is 302 g/mol. The van der Waals surface area contributed by atoms with Crippen molar-refractivity contribution in [2.75, 3.05) is 25.2 Å². The van der Waals surface area contributed by atoms with Gasteiger partial charge in [0.15, 0.2) is 0 Å². The lowest BCUT2D eigenvalue weighted by Crippen LogP contribution is -2.42. The minimum atomic E-state index is -3.20. The number of rotatable bonds is 6. The summed E-state index contributed by atoms with van der Waals surface area (Å²) >= 11 is 0. The van der Waals surface area contributed by atoms with Gasteiger partial charge in [0.25, 0.3) is 5.91 Å². The van der Waals surface area contributed by atoms with Gasteiger partial charge in [-0.05, 0) is 30.9 Å². The van der Waals surface area contributed by atoms with Crippen LogP contribution in [0, 0.1) is 5.92 Å². The number of sulfonamides is 1. The molecule has 2 atom stereocenters. The van der Waals surface area contributed by atoms with Gasteiger partial charge in [0, 0.05) is 25.3 Å². The Bertz CT molecular complexity index is 631. The first kappa shape index (κ1) is 16.8. The fourth-order valence-corrected chi connectivity index (χ4v) is 3.39. The average Bonchev–Trinajstić information content (AvgIpc) is 2.91. The third-order valence-electron chi connectivity index (χ3n) is 4.02. The number of para-hydroxylation sites is 1. The minimum Gasteiger partial charge on any atom is -0.387 e. The van der Waals surface area contributed by atoms with Gasteiger partial charge in [-0.2, -0.15) is 0 Å². The SMILES string of the molecule is CNc1ccccc1C(=O)NC1CCCC1CNS(C)(=O)=O. The molecule has 7 heteroatoms. The molecule has 1 fully saturated rings. The molecule has 1 amide bonds. The van der Waals surface area contributed by atoms with E-state index >= 15 is 0 Å². The molecule has 0 bridgehead atoms. The van der Waals surface area contributed by atoms with E-state index in [0.717, 1.165) is 31.2 Å². The Kier molecular flexibility index (Phi) is 5.42. The van der Waals surface area contributed by atoms with Gasteiger partial charge in [-0.3, -0.25) is 4.79 Å². The maximum Gasteiger partial charge on any atom is 0.253 e. The van der Waals surface area contributed by atoms with E-state index in [-0.39, 0.29) is 17.9 Å². The molecule has 2 unspecified atom stereocenters. The quantitative estimate of drug-likeness (QED) is 0.733. The highest BCUT2D eigenvalue weighted by molar-refractivity contribution is 7.88. The zero-order valence-corrected chi connectivity index (χ0v) is 13.7. The second kappa shape index (κ2) is 7.11. The molecule has 6 nitrogen and oxygen atoms in total. The van der Waals surface area contributed by atoms with Crippen LogP contribution in [-0.4, -0.2) is 40.2 Å². The molecule has 0 aromatic heterocycles. The fourth-order valence-electron chi connectivity index (χ4n) is 2.87. The summed E-state index contributed by atoms with van der Waals surface area (Å²) in [6.07, 6.45) is 3.94. The maximum absolute atomic E-state index is 12.4. The van der Waals surface area contributed by atoms with Crippen molar-refractivity contribution < 1.29 is 13.2 Å². The largest absolute Gasteiger partial charge is 0.387 e. The highest BCUT2D eigenvalue weighted by Gasteiger charge is 2.29. The van der Waals surface area contributed by atoms with Crippen LogP contribution in [0.3, 0.4) is 0 Å². The van der Waals surface area contributed by atoms with Crippen LogP contribution in [0.2, 0.25) is 0 Å². The smallest absolute Gasteiger partial charge is 0.253 e. The Morgan fingerprint density at radius 2 is 2.00 bits per heavy atom. The first-order valence-electron chi connectivity index (χ1n) is 7.43. The molecule has 0 saturated heterocycles. The summed E-state index contributed by atoms with van der Waals surface area (Å²) in [6.45, 7) is 0.372. The van der Waals surface area contributed by atoms with Crippen molar-refractivity contribution in [3.05, 3.63) is 29.8 Å². The number of nitrogens with one attached hydrogen (secondary N) is 3. The number of anilines is 1. The van der Waals surface area contributed by atoms with Crippen LogP contribution >= 0.6 is 0 Å². The Labute approximate surface area is 131 Å². The zero-order chi connectivity index (χ0) is 16.2. The van der Waals surface area contributed by atoms with E-state index in [1.54, 1.807) is 13.1 Å². The summed E-state index contributed by atoms with van der Waals surface area (Å²) in [5.74, 6) is 0.0154. The number of carbonyl (C=O) groups excluding carboxylic acids is 1. The van der Waals surface area contributed by atoms with E-state index in [1.807, 2.05) is 18.2 Å². The maximum atomic E-state index is 12.4. The van der Waals surface area contributed by atoms with Crippen molar-refractivity contribution >= 4 is 21.6 Å². The van der Waals surface area contributed by atoms with Crippen molar-refractivity contribution in [2.24, 2.45) is 5.92 Å². The Morgan fingerprint density at radius 3 is 2.68 bits per heavy atom. The van der Waals surface area contributed by atoms with Crippen molar-refractivity contribution in [3.63, 3.8) is 0 Å². The third kappa shape index (κ3) is 4.45. The first-order valence-corrected chi connectivity index (χ1v) is 9.32. The van der Waals surface area contributed by atoms with Gasteiger partial charge in [0.1, 0.15) is 0 Å². The van der Waals surface area contributed by atoms with Gasteiger partial charge >= 0.3 is 0 Å². The van der Waals surface area contributed by atoms with Gasteiger partial charge in [-0.15, -0.1) is 0 Å². The summed E-state index contributed by atoms with van der Waals surface area (Å²) in [5, 5.41) is 6.05. The molecule has 1 aromatic rings. The van der Waals surface area contributed by atoms with Crippen LogP contribution in [0.4, 0.5) is 5.69 Å². The Morgan fingerprint density at radius 1 is 1.27 bits per heavy atom. The highest BCUT2D eigenvalue weighted by Crippen LogP contribution is 2.26. The monoisotopic (exact) mass is 325 g/mol. The molecule has 122 valence electrons. The lowest BCUT2D eigenvalue weighted by Gasteiger charge is -2.21. The summed E-state index contributed by atoms with van der Waals surface area (Å²) in [6, 6.07) is 7.34. The van der Waals surface area contributed by atoms with Crippen LogP contribution in [0.5, 0.6) is 0 Å². The number of benzene rings is 1. The molecule has 0 radical (unpaired) electrons. The van der Waals surface area contributed by atoms with Gasteiger partial charge in [-0.25, -0.2) is 13.1 Å². The molecule has 2 rings (SSSR count). The highest BCUT2D eigenvalue weighted by atomic mass is 32.2. The Hall–Kier alpha value is -1.60. The van der Waals surface area contributed by atoms with Crippen LogP contribution in [0.15, 0.2) is 24.3 Å². The van der Waals surface area contributed by atoms with Gasteiger partial charge in [-0.1, -0.05) is 18.6 Å². The zero-order valence-electron chi connectivity index (χ0n) is 12.9. The van der Waals surface area contributed by atoms with E-state index < -0.39 is 10.0 Å². The van der Waals surface area contributed by atoms with E-state index in [0.29, 0.717) is 12.1 Å². The summed E-state index contributed by atoms with van der Waals surface area (Å²) < 4.78 is 25.0. The predicted molar refractivity (Wildman–Crippen MR) is 87.4 cm³/mol. The summed E-state index contributed by atoms with van der Waals surface area (Å²) in [4.78, 5) is 12.4.